The summed E-state index contributed by atoms with van der Waals surface area (Å²) in [4.78, 5) is 0. The standard InChI is InChI=1S/C10H19NO3S/c12-8-2-7-11(9-3-1-4-9)15(13,14)10-5-6-10/h9-10,12H,1-8H2. The summed E-state index contributed by atoms with van der Waals surface area (Å²) < 4.78 is 25.8. The third-order valence-corrected chi connectivity index (χ3v) is 5.74. The molecule has 0 radical (unpaired) electrons. The summed E-state index contributed by atoms with van der Waals surface area (Å²) in [6.07, 6.45) is 5.34. The lowest BCUT2D eigenvalue weighted by atomic mass is 9.93. The molecule has 0 bridgehead atoms. The van der Waals surface area contributed by atoms with Gasteiger partial charge in [0.05, 0.1) is 5.25 Å². The molecule has 0 aromatic carbocycles. The summed E-state index contributed by atoms with van der Waals surface area (Å²) in [5.74, 6) is 0. The van der Waals surface area contributed by atoms with Crippen molar-refractivity contribution in [3.8, 4) is 0 Å². The molecule has 2 aliphatic carbocycles. The van der Waals surface area contributed by atoms with Gasteiger partial charge in [-0.25, -0.2) is 8.42 Å². The van der Waals surface area contributed by atoms with Crippen LogP contribution in [0.25, 0.3) is 0 Å². The molecule has 0 heterocycles. The predicted molar refractivity (Wildman–Crippen MR) is 58.0 cm³/mol. The Hall–Kier alpha value is -0.130. The molecule has 2 rings (SSSR count). The Balaban J connectivity index is 2.02. The molecule has 0 aromatic rings. The van der Waals surface area contributed by atoms with Crippen LogP contribution in [-0.4, -0.2) is 42.3 Å². The van der Waals surface area contributed by atoms with Crippen molar-refractivity contribution in [2.75, 3.05) is 13.2 Å². The molecule has 0 amide bonds. The Kier molecular flexibility index (Phi) is 3.33. The van der Waals surface area contributed by atoms with E-state index in [1.807, 2.05) is 0 Å². The maximum absolute atomic E-state index is 12.1. The second kappa shape index (κ2) is 4.39. The SMILES string of the molecule is O=S(=O)(C1CC1)N(CCCO)C1CCC1. The van der Waals surface area contributed by atoms with Crippen molar-refractivity contribution in [1.82, 2.24) is 4.31 Å². The minimum atomic E-state index is -3.04. The van der Waals surface area contributed by atoms with Gasteiger partial charge in [-0.3, -0.25) is 0 Å². The van der Waals surface area contributed by atoms with Gasteiger partial charge in [0.1, 0.15) is 0 Å². The van der Waals surface area contributed by atoms with Gasteiger partial charge >= 0.3 is 0 Å². The number of nitrogens with zero attached hydrogens (tertiary/aromatic N) is 1. The predicted octanol–water partition coefficient (Wildman–Crippen LogP) is 0.716. The zero-order valence-corrected chi connectivity index (χ0v) is 9.75. The molecule has 2 aliphatic rings. The third-order valence-electron chi connectivity index (χ3n) is 3.29. The molecule has 0 atom stereocenters. The molecular weight excluding hydrogens is 214 g/mol. The van der Waals surface area contributed by atoms with Gasteiger partial charge in [0.15, 0.2) is 0 Å². The van der Waals surface area contributed by atoms with Crippen molar-refractivity contribution in [1.29, 1.82) is 0 Å². The topological polar surface area (TPSA) is 57.6 Å². The largest absolute Gasteiger partial charge is 0.396 e. The fraction of sp³-hybridized carbons (Fsp3) is 1.00. The summed E-state index contributed by atoms with van der Waals surface area (Å²) in [5, 5.41) is 8.67. The maximum atomic E-state index is 12.1. The first-order valence-corrected chi connectivity index (χ1v) is 7.28. The van der Waals surface area contributed by atoms with Crippen molar-refractivity contribution in [3.05, 3.63) is 0 Å². The Bertz CT molecular complexity index is 307. The van der Waals surface area contributed by atoms with Gasteiger partial charge in [-0.1, -0.05) is 6.42 Å². The van der Waals surface area contributed by atoms with Gasteiger partial charge in [0.2, 0.25) is 10.0 Å². The van der Waals surface area contributed by atoms with Crippen LogP contribution >= 0.6 is 0 Å². The van der Waals surface area contributed by atoms with E-state index < -0.39 is 10.0 Å². The molecule has 0 aromatic heterocycles. The van der Waals surface area contributed by atoms with E-state index in [4.69, 9.17) is 5.11 Å². The fourth-order valence-corrected chi connectivity index (χ4v) is 4.10. The van der Waals surface area contributed by atoms with Crippen LogP contribution in [0, 0.1) is 0 Å². The van der Waals surface area contributed by atoms with Crippen LogP contribution in [0.4, 0.5) is 0 Å². The highest BCUT2D eigenvalue weighted by Crippen LogP contribution is 2.36. The first kappa shape index (κ1) is 11.4. The van der Waals surface area contributed by atoms with E-state index in [2.05, 4.69) is 0 Å². The van der Waals surface area contributed by atoms with Gasteiger partial charge in [-0.05, 0) is 32.1 Å². The number of rotatable bonds is 6. The summed E-state index contributed by atoms with van der Waals surface area (Å²) in [6, 6.07) is 0.224. The first-order chi connectivity index (χ1) is 7.16. The van der Waals surface area contributed by atoms with E-state index in [-0.39, 0.29) is 17.9 Å². The van der Waals surface area contributed by atoms with Gasteiger partial charge in [-0.15, -0.1) is 0 Å². The molecule has 1 N–H and O–H groups in total. The van der Waals surface area contributed by atoms with E-state index in [1.54, 1.807) is 4.31 Å². The number of aliphatic hydroxyl groups excluding tert-OH is 1. The fourth-order valence-electron chi connectivity index (χ4n) is 1.98. The minimum Gasteiger partial charge on any atom is -0.396 e. The molecule has 2 saturated carbocycles. The highest BCUT2D eigenvalue weighted by atomic mass is 32.2. The van der Waals surface area contributed by atoms with Crippen molar-refractivity contribution >= 4 is 10.0 Å². The zero-order valence-electron chi connectivity index (χ0n) is 8.93. The highest BCUT2D eigenvalue weighted by molar-refractivity contribution is 7.90. The monoisotopic (exact) mass is 233 g/mol. The van der Waals surface area contributed by atoms with Crippen LogP contribution in [0.15, 0.2) is 0 Å². The van der Waals surface area contributed by atoms with Crippen molar-refractivity contribution in [2.45, 2.75) is 49.8 Å². The Morgan fingerprint density at radius 2 is 1.87 bits per heavy atom. The lowest BCUT2D eigenvalue weighted by molar-refractivity contribution is 0.198. The van der Waals surface area contributed by atoms with Crippen molar-refractivity contribution in [2.24, 2.45) is 0 Å². The molecule has 88 valence electrons. The molecule has 0 unspecified atom stereocenters. The van der Waals surface area contributed by atoms with E-state index in [0.29, 0.717) is 13.0 Å². The first-order valence-electron chi connectivity index (χ1n) is 5.78. The van der Waals surface area contributed by atoms with Crippen LogP contribution in [0.2, 0.25) is 0 Å². The van der Waals surface area contributed by atoms with E-state index in [1.165, 1.54) is 0 Å². The molecular formula is C10H19NO3S. The average molecular weight is 233 g/mol. The molecule has 15 heavy (non-hydrogen) atoms. The summed E-state index contributed by atoms with van der Waals surface area (Å²) in [6.45, 7) is 0.573. The highest BCUT2D eigenvalue weighted by Gasteiger charge is 2.43. The number of aliphatic hydroxyl groups is 1. The Labute approximate surface area is 91.3 Å². The van der Waals surface area contributed by atoms with Gasteiger partial charge in [-0.2, -0.15) is 4.31 Å². The second-order valence-electron chi connectivity index (χ2n) is 4.52. The smallest absolute Gasteiger partial charge is 0.217 e. The molecule has 2 fully saturated rings. The quantitative estimate of drug-likeness (QED) is 0.735. The van der Waals surface area contributed by atoms with Crippen LogP contribution < -0.4 is 0 Å². The number of hydrogen-bond donors (Lipinski definition) is 1. The minimum absolute atomic E-state index is 0.0728. The molecule has 0 aliphatic heterocycles. The van der Waals surface area contributed by atoms with Crippen molar-refractivity contribution in [3.63, 3.8) is 0 Å². The van der Waals surface area contributed by atoms with Crippen LogP contribution in [-0.2, 0) is 10.0 Å². The van der Waals surface area contributed by atoms with Crippen LogP contribution in [0.3, 0.4) is 0 Å². The maximum Gasteiger partial charge on any atom is 0.217 e. The van der Waals surface area contributed by atoms with Crippen LogP contribution in [0.5, 0.6) is 0 Å². The van der Waals surface area contributed by atoms with Gasteiger partial charge < -0.3 is 5.11 Å². The lowest BCUT2D eigenvalue weighted by Gasteiger charge is -2.36. The number of sulfonamides is 1. The van der Waals surface area contributed by atoms with E-state index in [9.17, 15) is 8.42 Å². The van der Waals surface area contributed by atoms with Crippen molar-refractivity contribution < 1.29 is 13.5 Å². The number of hydrogen-bond acceptors (Lipinski definition) is 3. The second-order valence-corrected chi connectivity index (χ2v) is 6.68. The summed E-state index contributed by atoms with van der Waals surface area (Å²) in [5.41, 5.74) is 0. The third kappa shape index (κ3) is 2.34. The summed E-state index contributed by atoms with van der Waals surface area (Å²) >= 11 is 0. The zero-order chi connectivity index (χ0) is 10.9. The Morgan fingerprint density at radius 1 is 1.20 bits per heavy atom. The normalized spacial score (nSPS) is 23.1. The van der Waals surface area contributed by atoms with E-state index in [0.717, 1.165) is 32.1 Å². The van der Waals surface area contributed by atoms with Gasteiger partial charge in [0.25, 0.3) is 0 Å². The lowest BCUT2D eigenvalue weighted by Crippen LogP contribution is -2.46. The van der Waals surface area contributed by atoms with Gasteiger partial charge in [0, 0.05) is 19.2 Å². The van der Waals surface area contributed by atoms with E-state index >= 15 is 0 Å². The molecule has 4 nitrogen and oxygen atoms in total. The average Bonchev–Trinajstić information content (AvgIpc) is 2.91. The molecule has 0 saturated heterocycles. The van der Waals surface area contributed by atoms with Crippen LogP contribution in [0.1, 0.15) is 38.5 Å². The summed E-state index contributed by atoms with van der Waals surface area (Å²) in [7, 11) is -3.04. The Morgan fingerprint density at radius 3 is 2.27 bits per heavy atom. The molecule has 5 heteroatoms. The molecule has 0 spiro atoms.